The van der Waals surface area contributed by atoms with Crippen LogP contribution in [0.5, 0.6) is 0 Å². The Balaban J connectivity index is 0.00000320. The summed E-state index contributed by atoms with van der Waals surface area (Å²) >= 11 is 6.17. The van der Waals surface area contributed by atoms with Crippen LogP contribution in [0, 0.1) is 6.92 Å². The average Bonchev–Trinajstić information content (AvgIpc) is 3.21. The number of hydrogen-bond donors (Lipinski definition) is 2. The van der Waals surface area contributed by atoms with E-state index >= 15 is 0 Å². The minimum Gasteiger partial charge on any atom is -0.364 e. The molecule has 1 aliphatic heterocycles. The van der Waals surface area contributed by atoms with E-state index in [2.05, 4.69) is 30.6 Å². The fourth-order valence-corrected chi connectivity index (χ4v) is 3.50. The van der Waals surface area contributed by atoms with Crippen LogP contribution in [0.3, 0.4) is 0 Å². The van der Waals surface area contributed by atoms with Gasteiger partial charge in [0.05, 0.1) is 16.4 Å². The molecule has 0 aliphatic carbocycles. The molecule has 30 heavy (non-hydrogen) atoms. The number of halogens is 2. The van der Waals surface area contributed by atoms with Crippen molar-refractivity contribution in [3.8, 4) is 0 Å². The molecule has 2 heterocycles. The largest absolute Gasteiger partial charge is 0.364 e. The highest BCUT2D eigenvalue weighted by atomic mass is 127. The number of nitrogens with zero attached hydrogens (tertiary/aromatic N) is 4. The third-order valence-electron chi connectivity index (χ3n) is 4.79. The van der Waals surface area contributed by atoms with Gasteiger partial charge in [-0.05, 0) is 24.6 Å². The number of carbonyl (C=O) groups is 1. The zero-order valence-electron chi connectivity index (χ0n) is 17.2. The van der Waals surface area contributed by atoms with E-state index in [1.807, 2.05) is 31.2 Å². The second-order valence-electron chi connectivity index (χ2n) is 7.01. The molecule has 8 nitrogen and oxygen atoms in total. The van der Waals surface area contributed by atoms with Gasteiger partial charge < -0.3 is 20.1 Å². The molecular weight excluding hydrogens is 519 g/mol. The first-order chi connectivity index (χ1) is 14.0. The van der Waals surface area contributed by atoms with Crippen LogP contribution in [0.1, 0.15) is 17.7 Å². The third-order valence-corrected chi connectivity index (χ3v) is 5.11. The Bertz CT molecular complexity index is 838. The van der Waals surface area contributed by atoms with Gasteiger partial charge in [0.2, 0.25) is 5.91 Å². The summed E-state index contributed by atoms with van der Waals surface area (Å²) in [6, 6.07) is 7.46. The lowest BCUT2D eigenvalue weighted by Gasteiger charge is -2.36. The number of carbonyl (C=O) groups excluding carboxylic acids is 1. The van der Waals surface area contributed by atoms with Gasteiger partial charge in [0, 0.05) is 58.8 Å². The van der Waals surface area contributed by atoms with Crippen LogP contribution in [0.25, 0.3) is 0 Å². The third kappa shape index (κ3) is 7.13. The van der Waals surface area contributed by atoms with E-state index in [1.165, 1.54) is 0 Å². The zero-order chi connectivity index (χ0) is 20.6. The van der Waals surface area contributed by atoms with Crippen molar-refractivity contribution in [3.63, 3.8) is 0 Å². The number of guanidine groups is 1. The summed E-state index contributed by atoms with van der Waals surface area (Å²) in [5.74, 6) is 0.725. The van der Waals surface area contributed by atoms with E-state index in [4.69, 9.17) is 16.1 Å². The Hall–Kier alpha value is -1.85. The number of benzene rings is 1. The summed E-state index contributed by atoms with van der Waals surface area (Å²) in [5.41, 5.74) is 2.63. The molecule has 2 aromatic rings. The molecule has 1 fully saturated rings. The summed E-state index contributed by atoms with van der Waals surface area (Å²) in [5, 5.41) is 10.6. The maximum Gasteiger partial charge on any atom is 0.226 e. The van der Waals surface area contributed by atoms with Crippen LogP contribution in [0.4, 0.5) is 5.69 Å². The molecule has 164 valence electrons. The Labute approximate surface area is 199 Å². The number of aryl methyl sites for hydroxylation is 1. The lowest BCUT2D eigenvalue weighted by molar-refractivity contribution is -0.116. The second-order valence-corrected chi connectivity index (χ2v) is 7.42. The van der Waals surface area contributed by atoms with Crippen molar-refractivity contribution in [2.45, 2.75) is 19.9 Å². The first-order valence-corrected chi connectivity index (χ1v) is 10.1. The Morgan fingerprint density at radius 3 is 2.67 bits per heavy atom. The van der Waals surface area contributed by atoms with Crippen molar-refractivity contribution in [2.24, 2.45) is 4.99 Å². The van der Waals surface area contributed by atoms with Crippen LogP contribution >= 0.6 is 35.6 Å². The first-order valence-electron chi connectivity index (χ1n) is 9.68. The number of rotatable bonds is 6. The Morgan fingerprint density at radius 1 is 1.27 bits per heavy atom. The van der Waals surface area contributed by atoms with Gasteiger partial charge in [-0.1, -0.05) is 22.8 Å². The number of hydrogen-bond acceptors (Lipinski definition) is 5. The smallest absolute Gasteiger partial charge is 0.226 e. The van der Waals surface area contributed by atoms with Crippen LogP contribution in [0.2, 0.25) is 5.02 Å². The van der Waals surface area contributed by atoms with E-state index in [9.17, 15) is 4.79 Å². The van der Waals surface area contributed by atoms with Crippen molar-refractivity contribution in [3.05, 3.63) is 46.8 Å². The van der Waals surface area contributed by atoms with Crippen LogP contribution in [0.15, 0.2) is 40.0 Å². The summed E-state index contributed by atoms with van der Waals surface area (Å²) < 4.78 is 4.89. The normalized spacial score (nSPS) is 14.9. The summed E-state index contributed by atoms with van der Waals surface area (Å²) in [7, 11) is 1.76. The molecule has 3 rings (SSSR count). The highest BCUT2D eigenvalue weighted by Crippen LogP contribution is 2.22. The second kappa shape index (κ2) is 12.1. The maximum absolute atomic E-state index is 12.2. The molecule has 0 atom stereocenters. The molecule has 0 unspecified atom stereocenters. The van der Waals surface area contributed by atoms with E-state index in [1.54, 1.807) is 13.3 Å². The predicted molar refractivity (Wildman–Crippen MR) is 130 cm³/mol. The van der Waals surface area contributed by atoms with Gasteiger partial charge in [-0.3, -0.25) is 14.7 Å². The van der Waals surface area contributed by atoms with E-state index in [-0.39, 0.29) is 29.9 Å². The van der Waals surface area contributed by atoms with Crippen molar-refractivity contribution in [1.29, 1.82) is 0 Å². The van der Waals surface area contributed by atoms with Crippen LogP contribution < -0.4 is 10.6 Å². The van der Waals surface area contributed by atoms with Gasteiger partial charge in [-0.25, -0.2) is 0 Å². The number of piperazine rings is 1. The zero-order valence-corrected chi connectivity index (χ0v) is 20.3. The molecule has 0 radical (unpaired) electrons. The standard InChI is InChI=1S/C20H27ClN6O2.HI/c1-15-3-4-18(17(21)13-15)24-19(28)5-7-23-20(22-2)27-10-8-26(9-11-27)14-16-6-12-29-25-16;/h3-4,6,12-13H,5,7-11,14H2,1-2H3,(H,22,23)(H,24,28);1H. The van der Waals surface area contributed by atoms with Crippen molar-refractivity contribution in [1.82, 2.24) is 20.3 Å². The minimum atomic E-state index is -0.0869. The number of anilines is 1. The molecule has 1 amide bonds. The Kier molecular flexibility index (Phi) is 9.86. The average molecular weight is 547 g/mol. The molecule has 10 heteroatoms. The van der Waals surface area contributed by atoms with Crippen molar-refractivity contribution >= 4 is 53.1 Å². The number of aromatic nitrogens is 1. The number of aliphatic imine (C=N–C) groups is 1. The molecular formula is C20H28ClIN6O2. The minimum absolute atomic E-state index is 0. The fraction of sp³-hybridized carbons (Fsp3) is 0.450. The van der Waals surface area contributed by atoms with Crippen molar-refractivity contribution < 1.29 is 9.32 Å². The molecule has 1 aliphatic rings. The first kappa shape index (κ1) is 24.4. The number of amides is 1. The van der Waals surface area contributed by atoms with Crippen LogP contribution in [-0.2, 0) is 11.3 Å². The summed E-state index contributed by atoms with van der Waals surface area (Å²) in [6.45, 7) is 6.81. The highest BCUT2D eigenvalue weighted by Gasteiger charge is 2.20. The van der Waals surface area contributed by atoms with Gasteiger partial charge in [-0.15, -0.1) is 24.0 Å². The predicted octanol–water partition coefficient (Wildman–Crippen LogP) is 2.98. The molecule has 0 spiro atoms. The molecule has 2 N–H and O–H groups in total. The summed E-state index contributed by atoms with van der Waals surface area (Å²) in [4.78, 5) is 21.1. The lowest BCUT2D eigenvalue weighted by Crippen LogP contribution is -2.52. The highest BCUT2D eigenvalue weighted by molar-refractivity contribution is 14.0. The number of nitrogens with one attached hydrogen (secondary N) is 2. The molecule has 1 aromatic carbocycles. The quantitative estimate of drug-likeness (QED) is 0.329. The van der Waals surface area contributed by atoms with E-state index < -0.39 is 0 Å². The molecule has 0 saturated carbocycles. The van der Waals surface area contributed by atoms with E-state index in [0.29, 0.717) is 23.7 Å². The SMILES string of the molecule is CN=C(NCCC(=O)Nc1ccc(C)cc1Cl)N1CCN(Cc2ccon2)CC1.I. The molecule has 1 aromatic heterocycles. The van der Waals surface area contributed by atoms with Gasteiger partial charge in [0.1, 0.15) is 6.26 Å². The van der Waals surface area contributed by atoms with Gasteiger partial charge in [-0.2, -0.15) is 0 Å². The molecule has 1 saturated heterocycles. The lowest BCUT2D eigenvalue weighted by atomic mass is 10.2. The maximum atomic E-state index is 12.2. The van der Waals surface area contributed by atoms with E-state index in [0.717, 1.165) is 49.9 Å². The monoisotopic (exact) mass is 546 g/mol. The summed E-state index contributed by atoms with van der Waals surface area (Å²) in [6.07, 6.45) is 1.93. The van der Waals surface area contributed by atoms with Gasteiger partial charge in [0.15, 0.2) is 5.96 Å². The fourth-order valence-electron chi connectivity index (χ4n) is 3.22. The van der Waals surface area contributed by atoms with Gasteiger partial charge >= 0.3 is 0 Å². The van der Waals surface area contributed by atoms with Gasteiger partial charge in [0.25, 0.3) is 0 Å². The van der Waals surface area contributed by atoms with Crippen molar-refractivity contribution in [2.75, 3.05) is 45.1 Å². The Morgan fingerprint density at radius 2 is 2.03 bits per heavy atom. The topological polar surface area (TPSA) is 86.0 Å². The van der Waals surface area contributed by atoms with Crippen LogP contribution in [-0.4, -0.2) is 66.6 Å². The molecule has 0 bridgehead atoms.